The molecule has 1 aromatic heterocycles. The third kappa shape index (κ3) is 2.24. The molecule has 96 valence electrons. The van der Waals surface area contributed by atoms with E-state index in [1.807, 2.05) is 43.4 Å². The predicted octanol–water partition coefficient (Wildman–Crippen LogP) is 3.63. The van der Waals surface area contributed by atoms with Crippen molar-refractivity contribution < 1.29 is 5.11 Å². The molecule has 0 aliphatic carbocycles. The second-order valence-electron chi connectivity index (χ2n) is 4.53. The number of nitrogens with zero attached hydrogens (tertiary/aromatic N) is 2. The minimum Gasteiger partial charge on any atom is -0.508 e. The van der Waals surface area contributed by atoms with Gasteiger partial charge in [-0.2, -0.15) is 0 Å². The first-order valence-electron chi connectivity index (χ1n) is 6.03. The second-order valence-corrected chi connectivity index (χ2v) is 5.44. The van der Waals surface area contributed by atoms with Crippen molar-refractivity contribution >= 4 is 27.0 Å². The number of aryl methyl sites for hydroxylation is 1. The van der Waals surface area contributed by atoms with Crippen molar-refractivity contribution in [1.29, 1.82) is 0 Å². The molecule has 2 aromatic carbocycles. The van der Waals surface area contributed by atoms with Crippen LogP contribution in [0.25, 0.3) is 11.0 Å². The lowest BCUT2D eigenvalue weighted by Gasteiger charge is -2.04. The van der Waals surface area contributed by atoms with Crippen molar-refractivity contribution in [3.63, 3.8) is 0 Å². The summed E-state index contributed by atoms with van der Waals surface area (Å²) in [5.74, 6) is 1.25. The van der Waals surface area contributed by atoms with E-state index in [9.17, 15) is 5.11 Å². The van der Waals surface area contributed by atoms with E-state index in [1.54, 1.807) is 6.07 Å². The summed E-state index contributed by atoms with van der Waals surface area (Å²) in [5.41, 5.74) is 2.94. The van der Waals surface area contributed by atoms with Gasteiger partial charge in [0.2, 0.25) is 0 Å². The fourth-order valence-electron chi connectivity index (χ4n) is 2.21. The molecule has 3 nitrogen and oxygen atoms in total. The first-order chi connectivity index (χ1) is 9.15. The summed E-state index contributed by atoms with van der Waals surface area (Å²) in [5, 5.41) is 9.84. The summed E-state index contributed by atoms with van der Waals surface area (Å²) in [6, 6.07) is 13.4. The topological polar surface area (TPSA) is 38.0 Å². The lowest BCUT2D eigenvalue weighted by atomic mass is 10.1. The molecule has 0 unspecified atom stereocenters. The van der Waals surface area contributed by atoms with Gasteiger partial charge in [0.05, 0.1) is 11.0 Å². The molecule has 19 heavy (non-hydrogen) atoms. The molecular formula is C15H13BrN2O. The minimum atomic E-state index is 0.315. The van der Waals surface area contributed by atoms with Crippen LogP contribution in [0, 0.1) is 0 Å². The second kappa shape index (κ2) is 4.70. The van der Waals surface area contributed by atoms with Gasteiger partial charge in [-0.25, -0.2) is 4.98 Å². The summed E-state index contributed by atoms with van der Waals surface area (Å²) in [4.78, 5) is 4.63. The van der Waals surface area contributed by atoms with E-state index in [0.29, 0.717) is 12.2 Å². The zero-order valence-corrected chi connectivity index (χ0v) is 12.1. The number of phenolic OH excluding ortho intramolecular Hbond substituents is 1. The molecule has 0 atom stereocenters. The highest BCUT2D eigenvalue weighted by Crippen LogP contribution is 2.23. The molecule has 1 N–H and O–H groups in total. The smallest absolute Gasteiger partial charge is 0.119 e. The number of hydrogen-bond acceptors (Lipinski definition) is 2. The van der Waals surface area contributed by atoms with Crippen molar-refractivity contribution in [3.05, 3.63) is 58.3 Å². The van der Waals surface area contributed by atoms with E-state index < -0.39 is 0 Å². The molecule has 1 heterocycles. The molecule has 0 radical (unpaired) electrons. The molecule has 4 heteroatoms. The molecule has 0 saturated heterocycles. The minimum absolute atomic E-state index is 0.315. The van der Waals surface area contributed by atoms with Gasteiger partial charge in [0.1, 0.15) is 11.6 Å². The van der Waals surface area contributed by atoms with Crippen LogP contribution >= 0.6 is 15.9 Å². The maximum absolute atomic E-state index is 9.84. The van der Waals surface area contributed by atoms with Crippen LogP contribution in [0.3, 0.4) is 0 Å². The van der Waals surface area contributed by atoms with Crippen LogP contribution in [0.4, 0.5) is 0 Å². The number of halogens is 1. The molecule has 0 saturated carbocycles. The molecule has 0 bridgehead atoms. The lowest BCUT2D eigenvalue weighted by molar-refractivity contribution is 0.469. The van der Waals surface area contributed by atoms with E-state index in [-0.39, 0.29) is 0 Å². The standard InChI is InChI=1S/C15H13BrN2O/c1-18-13-7-6-11(16)9-12(13)17-15(18)8-10-4-2-3-5-14(10)19/h2-7,9,19H,8H2,1H3. The van der Waals surface area contributed by atoms with Gasteiger partial charge in [-0.05, 0) is 24.3 Å². The number of para-hydroxylation sites is 1. The van der Waals surface area contributed by atoms with Crippen LogP contribution in [0.1, 0.15) is 11.4 Å². The van der Waals surface area contributed by atoms with Crippen molar-refractivity contribution in [3.8, 4) is 5.75 Å². The Kier molecular flexibility index (Phi) is 3.03. The van der Waals surface area contributed by atoms with Crippen molar-refractivity contribution in [2.75, 3.05) is 0 Å². The van der Waals surface area contributed by atoms with Crippen molar-refractivity contribution in [2.24, 2.45) is 7.05 Å². The molecule has 3 aromatic rings. The van der Waals surface area contributed by atoms with Gasteiger partial charge in [0, 0.05) is 23.5 Å². The molecule has 0 spiro atoms. The number of hydrogen-bond donors (Lipinski definition) is 1. The maximum Gasteiger partial charge on any atom is 0.119 e. The predicted molar refractivity (Wildman–Crippen MR) is 79.3 cm³/mol. The Morgan fingerprint density at radius 1 is 1.21 bits per heavy atom. The summed E-state index contributed by atoms with van der Waals surface area (Å²) >= 11 is 3.46. The van der Waals surface area contributed by atoms with E-state index >= 15 is 0 Å². The van der Waals surface area contributed by atoms with Crippen LogP contribution in [0.15, 0.2) is 46.9 Å². The fourth-order valence-corrected chi connectivity index (χ4v) is 2.56. The molecule has 0 aliphatic rings. The van der Waals surface area contributed by atoms with E-state index in [2.05, 4.69) is 25.5 Å². The number of rotatable bonds is 2. The van der Waals surface area contributed by atoms with Gasteiger partial charge in [-0.15, -0.1) is 0 Å². The number of benzene rings is 2. The lowest BCUT2D eigenvalue weighted by Crippen LogP contribution is -1.99. The molecule has 0 aliphatic heterocycles. The average molecular weight is 317 g/mol. The Morgan fingerprint density at radius 3 is 2.79 bits per heavy atom. The summed E-state index contributed by atoms with van der Waals surface area (Å²) in [7, 11) is 2.00. The van der Waals surface area contributed by atoms with Gasteiger partial charge in [0.25, 0.3) is 0 Å². The summed E-state index contributed by atoms with van der Waals surface area (Å²) < 4.78 is 3.08. The van der Waals surface area contributed by atoms with E-state index in [4.69, 9.17) is 0 Å². The highest BCUT2D eigenvalue weighted by molar-refractivity contribution is 9.10. The SMILES string of the molecule is Cn1c(Cc2ccccc2O)nc2cc(Br)ccc21. The monoisotopic (exact) mass is 316 g/mol. The number of fused-ring (bicyclic) bond motifs is 1. The number of aromatic hydroxyl groups is 1. The van der Waals surface area contributed by atoms with Crippen LogP contribution in [-0.2, 0) is 13.5 Å². The normalized spacial score (nSPS) is 11.1. The summed E-state index contributed by atoms with van der Waals surface area (Å²) in [6.45, 7) is 0. The van der Waals surface area contributed by atoms with Gasteiger partial charge in [-0.1, -0.05) is 34.1 Å². The Bertz CT molecular complexity index is 749. The van der Waals surface area contributed by atoms with Crippen molar-refractivity contribution in [1.82, 2.24) is 9.55 Å². The third-order valence-corrected chi connectivity index (χ3v) is 3.77. The fraction of sp³-hybridized carbons (Fsp3) is 0.133. The highest BCUT2D eigenvalue weighted by Gasteiger charge is 2.10. The first-order valence-corrected chi connectivity index (χ1v) is 6.82. The largest absolute Gasteiger partial charge is 0.508 e. The third-order valence-electron chi connectivity index (χ3n) is 3.28. The zero-order chi connectivity index (χ0) is 13.4. The highest BCUT2D eigenvalue weighted by atomic mass is 79.9. The van der Waals surface area contributed by atoms with Gasteiger partial charge in [-0.3, -0.25) is 0 Å². The van der Waals surface area contributed by atoms with Gasteiger partial charge >= 0.3 is 0 Å². The van der Waals surface area contributed by atoms with Crippen LogP contribution in [0.2, 0.25) is 0 Å². The first kappa shape index (κ1) is 12.2. The quantitative estimate of drug-likeness (QED) is 0.784. The zero-order valence-electron chi connectivity index (χ0n) is 10.5. The van der Waals surface area contributed by atoms with E-state index in [1.165, 1.54) is 0 Å². The van der Waals surface area contributed by atoms with E-state index in [0.717, 1.165) is 26.9 Å². The molecule has 3 rings (SSSR count). The average Bonchev–Trinajstić information content (AvgIpc) is 2.68. The number of phenols is 1. The van der Waals surface area contributed by atoms with Gasteiger partial charge in [0.15, 0.2) is 0 Å². The summed E-state index contributed by atoms with van der Waals surface area (Å²) in [6.07, 6.45) is 0.621. The molecular weight excluding hydrogens is 304 g/mol. The maximum atomic E-state index is 9.84. The number of imidazole rings is 1. The Labute approximate surface area is 119 Å². The van der Waals surface area contributed by atoms with Crippen LogP contribution in [-0.4, -0.2) is 14.7 Å². The Morgan fingerprint density at radius 2 is 2.00 bits per heavy atom. The van der Waals surface area contributed by atoms with Gasteiger partial charge < -0.3 is 9.67 Å². The van der Waals surface area contributed by atoms with Crippen LogP contribution < -0.4 is 0 Å². The Balaban J connectivity index is 2.06. The number of aromatic nitrogens is 2. The van der Waals surface area contributed by atoms with Crippen LogP contribution in [0.5, 0.6) is 5.75 Å². The van der Waals surface area contributed by atoms with Crippen molar-refractivity contribution in [2.45, 2.75) is 6.42 Å². The molecule has 0 fully saturated rings. The molecule has 0 amide bonds. The Hall–Kier alpha value is -1.81.